The van der Waals surface area contributed by atoms with Crippen LogP contribution in [0.1, 0.15) is 29.5 Å². The fraction of sp³-hybridized carbons (Fsp3) is 0.429. The van der Waals surface area contributed by atoms with E-state index in [0.29, 0.717) is 0 Å². The normalized spacial score (nSPS) is 9.08. The number of nitrogens with one attached hydrogen (secondary N) is 1. The van der Waals surface area contributed by atoms with Crippen molar-refractivity contribution < 1.29 is 9.90 Å². The van der Waals surface area contributed by atoms with Gasteiger partial charge in [0, 0.05) is 5.69 Å². The Morgan fingerprint density at radius 3 is 2.83 bits per heavy atom. The molecular formula is C7H11ClN2O2. The van der Waals surface area contributed by atoms with Gasteiger partial charge in [0.05, 0.1) is 0 Å². The maximum atomic E-state index is 10.3. The van der Waals surface area contributed by atoms with E-state index >= 15 is 0 Å². The number of hydrogen-bond acceptors (Lipinski definition) is 2. The number of carboxylic acid groups (broad SMARTS) is 1. The van der Waals surface area contributed by atoms with Crippen molar-refractivity contribution in [3.8, 4) is 0 Å². The van der Waals surface area contributed by atoms with Gasteiger partial charge < -0.3 is 5.11 Å². The number of hydrogen-bond donors (Lipinski definition) is 2. The van der Waals surface area contributed by atoms with E-state index in [1.54, 1.807) is 6.07 Å². The van der Waals surface area contributed by atoms with Gasteiger partial charge in [0.1, 0.15) is 0 Å². The quantitative estimate of drug-likeness (QED) is 0.759. The van der Waals surface area contributed by atoms with Crippen molar-refractivity contribution in [2.24, 2.45) is 0 Å². The zero-order chi connectivity index (χ0) is 8.27. The van der Waals surface area contributed by atoms with Gasteiger partial charge in [0.25, 0.3) is 0 Å². The van der Waals surface area contributed by atoms with Crippen LogP contribution in [0.5, 0.6) is 0 Å². The third kappa shape index (κ3) is 2.54. The number of aromatic carboxylic acids is 1. The highest BCUT2D eigenvalue weighted by Gasteiger charge is 2.06. The van der Waals surface area contributed by atoms with Gasteiger partial charge in [-0.25, -0.2) is 4.79 Å². The smallest absolute Gasteiger partial charge is 0.356 e. The molecule has 0 amide bonds. The minimum atomic E-state index is -0.983. The molecule has 0 atom stereocenters. The van der Waals surface area contributed by atoms with E-state index in [1.807, 2.05) is 6.92 Å². The van der Waals surface area contributed by atoms with Crippen molar-refractivity contribution >= 4 is 18.4 Å². The molecule has 1 heterocycles. The fourth-order valence-electron chi connectivity index (χ4n) is 0.869. The number of nitrogens with zero attached hydrogens (tertiary/aromatic N) is 1. The van der Waals surface area contributed by atoms with E-state index in [1.165, 1.54) is 0 Å². The van der Waals surface area contributed by atoms with Crippen LogP contribution < -0.4 is 0 Å². The summed E-state index contributed by atoms with van der Waals surface area (Å²) in [6.45, 7) is 2.03. The third-order valence-electron chi connectivity index (χ3n) is 1.37. The van der Waals surface area contributed by atoms with Crippen LogP contribution in [0.3, 0.4) is 0 Å². The molecule has 5 heteroatoms. The predicted molar refractivity (Wildman–Crippen MR) is 46.8 cm³/mol. The molecule has 1 rings (SSSR count). The predicted octanol–water partition coefficient (Wildman–Crippen LogP) is 1.48. The second kappa shape index (κ2) is 4.77. The summed E-state index contributed by atoms with van der Waals surface area (Å²) >= 11 is 0. The Labute approximate surface area is 76.4 Å². The van der Waals surface area contributed by atoms with Gasteiger partial charge in [-0.2, -0.15) is 5.10 Å². The zero-order valence-electron chi connectivity index (χ0n) is 6.70. The van der Waals surface area contributed by atoms with Gasteiger partial charge in [0.2, 0.25) is 0 Å². The van der Waals surface area contributed by atoms with Crippen molar-refractivity contribution in [3.05, 3.63) is 17.5 Å². The molecule has 1 aromatic rings. The molecule has 0 aromatic carbocycles. The van der Waals surface area contributed by atoms with Gasteiger partial charge in [-0.1, -0.05) is 13.3 Å². The topological polar surface area (TPSA) is 66.0 Å². The Balaban J connectivity index is 0.00000121. The molecule has 0 saturated carbocycles. The second-order valence-corrected chi connectivity index (χ2v) is 2.33. The third-order valence-corrected chi connectivity index (χ3v) is 1.37. The SMILES string of the molecule is CCCc1cc(C(=O)O)n[nH]1.Cl. The summed E-state index contributed by atoms with van der Waals surface area (Å²) in [4.78, 5) is 10.3. The number of aryl methyl sites for hydroxylation is 1. The van der Waals surface area contributed by atoms with E-state index in [0.717, 1.165) is 18.5 Å². The monoisotopic (exact) mass is 190 g/mol. The Hall–Kier alpha value is -1.03. The summed E-state index contributed by atoms with van der Waals surface area (Å²) in [5.41, 5.74) is 0.971. The summed E-state index contributed by atoms with van der Waals surface area (Å²) in [5.74, 6) is -0.983. The average Bonchev–Trinajstić information content (AvgIpc) is 2.37. The van der Waals surface area contributed by atoms with Crippen molar-refractivity contribution in [3.63, 3.8) is 0 Å². The van der Waals surface area contributed by atoms with Gasteiger partial charge in [0.15, 0.2) is 5.69 Å². The van der Waals surface area contributed by atoms with Crippen molar-refractivity contribution in [2.75, 3.05) is 0 Å². The molecule has 0 aliphatic rings. The van der Waals surface area contributed by atoms with Gasteiger partial charge in [-0.15, -0.1) is 12.4 Å². The molecule has 0 radical (unpaired) electrons. The van der Waals surface area contributed by atoms with Crippen LogP contribution in [0.2, 0.25) is 0 Å². The van der Waals surface area contributed by atoms with Crippen LogP contribution in [0.15, 0.2) is 6.07 Å². The van der Waals surface area contributed by atoms with Crippen LogP contribution in [0, 0.1) is 0 Å². The lowest BCUT2D eigenvalue weighted by atomic mass is 10.2. The standard InChI is InChI=1S/C7H10N2O2.ClH/c1-2-3-5-4-6(7(10)11)9-8-5;/h4H,2-3H2,1H3,(H,8,9)(H,10,11);1H. The highest BCUT2D eigenvalue weighted by molar-refractivity contribution is 5.85. The lowest BCUT2D eigenvalue weighted by Gasteiger charge is -1.86. The number of aromatic nitrogens is 2. The Kier molecular flexibility index (Phi) is 4.36. The van der Waals surface area contributed by atoms with Crippen molar-refractivity contribution in [1.29, 1.82) is 0 Å². The molecule has 68 valence electrons. The first-order valence-electron chi connectivity index (χ1n) is 3.51. The lowest BCUT2D eigenvalue weighted by molar-refractivity contribution is 0.0690. The van der Waals surface area contributed by atoms with Crippen LogP contribution in [0.25, 0.3) is 0 Å². The zero-order valence-corrected chi connectivity index (χ0v) is 7.52. The molecule has 12 heavy (non-hydrogen) atoms. The molecule has 1 aromatic heterocycles. The Bertz CT molecular complexity index is 260. The lowest BCUT2D eigenvalue weighted by Crippen LogP contribution is -1.95. The number of carbonyl (C=O) groups is 1. The van der Waals surface area contributed by atoms with Crippen molar-refractivity contribution in [2.45, 2.75) is 19.8 Å². The Morgan fingerprint density at radius 2 is 2.42 bits per heavy atom. The summed E-state index contributed by atoms with van der Waals surface area (Å²) in [5, 5.41) is 14.8. The van der Waals surface area contributed by atoms with Crippen LogP contribution in [-0.2, 0) is 6.42 Å². The number of carboxylic acids is 1. The van der Waals surface area contributed by atoms with Crippen molar-refractivity contribution in [1.82, 2.24) is 10.2 Å². The number of H-pyrrole nitrogens is 1. The largest absolute Gasteiger partial charge is 0.476 e. The molecule has 2 N–H and O–H groups in total. The summed E-state index contributed by atoms with van der Waals surface area (Å²) in [6.07, 6.45) is 1.83. The summed E-state index contributed by atoms with van der Waals surface area (Å²) in [6, 6.07) is 1.56. The highest BCUT2D eigenvalue weighted by Crippen LogP contribution is 2.01. The van der Waals surface area contributed by atoms with E-state index in [-0.39, 0.29) is 18.1 Å². The summed E-state index contributed by atoms with van der Waals surface area (Å²) < 4.78 is 0. The first-order chi connectivity index (χ1) is 5.24. The molecule has 0 unspecified atom stereocenters. The summed E-state index contributed by atoms with van der Waals surface area (Å²) in [7, 11) is 0. The van der Waals surface area contributed by atoms with Gasteiger partial charge >= 0.3 is 5.97 Å². The number of aromatic amines is 1. The first kappa shape index (κ1) is 11.0. The number of rotatable bonds is 3. The molecule has 0 aliphatic heterocycles. The van der Waals surface area contributed by atoms with Crippen LogP contribution in [-0.4, -0.2) is 21.3 Å². The van der Waals surface area contributed by atoms with Gasteiger partial charge in [-0.3, -0.25) is 5.10 Å². The second-order valence-electron chi connectivity index (χ2n) is 2.33. The minimum Gasteiger partial charge on any atom is -0.476 e. The molecule has 0 fully saturated rings. The van der Waals surface area contributed by atoms with E-state index < -0.39 is 5.97 Å². The molecule has 0 aliphatic carbocycles. The van der Waals surface area contributed by atoms with E-state index in [4.69, 9.17) is 5.11 Å². The maximum Gasteiger partial charge on any atom is 0.356 e. The molecular weight excluding hydrogens is 180 g/mol. The molecule has 4 nitrogen and oxygen atoms in total. The van der Waals surface area contributed by atoms with E-state index in [2.05, 4.69) is 10.2 Å². The maximum absolute atomic E-state index is 10.3. The molecule has 0 saturated heterocycles. The number of halogens is 1. The average molecular weight is 191 g/mol. The first-order valence-corrected chi connectivity index (χ1v) is 3.51. The minimum absolute atomic E-state index is 0. The fourth-order valence-corrected chi connectivity index (χ4v) is 0.869. The Morgan fingerprint density at radius 1 is 1.75 bits per heavy atom. The van der Waals surface area contributed by atoms with Gasteiger partial charge in [-0.05, 0) is 12.5 Å². The highest BCUT2D eigenvalue weighted by atomic mass is 35.5. The molecule has 0 spiro atoms. The van der Waals surface area contributed by atoms with E-state index in [9.17, 15) is 4.79 Å². The van der Waals surface area contributed by atoms with Crippen LogP contribution >= 0.6 is 12.4 Å². The van der Waals surface area contributed by atoms with Crippen LogP contribution in [0.4, 0.5) is 0 Å². The molecule has 0 bridgehead atoms.